The van der Waals surface area contributed by atoms with Gasteiger partial charge in [-0.05, 0) is 36.7 Å². The van der Waals surface area contributed by atoms with Gasteiger partial charge in [0.05, 0.1) is 22.0 Å². The molecule has 31 heavy (non-hydrogen) atoms. The second kappa shape index (κ2) is 10.2. The molecule has 0 bridgehead atoms. The van der Waals surface area contributed by atoms with Crippen molar-refractivity contribution in [1.29, 1.82) is 0 Å². The number of methoxy groups -OCH3 is 1. The second-order valence-electron chi connectivity index (χ2n) is 7.82. The predicted octanol–water partition coefficient (Wildman–Crippen LogP) is 3.03. The Morgan fingerprint density at radius 3 is 2.81 bits per heavy atom. The van der Waals surface area contributed by atoms with E-state index < -0.39 is 11.4 Å². The Morgan fingerprint density at radius 2 is 2.16 bits per heavy atom. The number of amides is 2. The number of likely N-dealkylation sites (N-methyl/N-ethyl adjacent to an activating group) is 1. The minimum atomic E-state index is -1.17. The average molecular weight is 466 g/mol. The fourth-order valence-electron chi connectivity index (χ4n) is 3.82. The molecule has 0 radical (unpaired) electrons. The van der Waals surface area contributed by atoms with E-state index in [4.69, 9.17) is 21.1 Å². The maximum absolute atomic E-state index is 13.2. The smallest absolute Gasteiger partial charge is 0.258 e. The van der Waals surface area contributed by atoms with E-state index in [0.717, 1.165) is 42.4 Å². The first-order valence-electron chi connectivity index (χ1n) is 10.0. The van der Waals surface area contributed by atoms with E-state index in [1.807, 2.05) is 18.2 Å². The number of halogens is 1. The van der Waals surface area contributed by atoms with Crippen molar-refractivity contribution in [2.75, 3.05) is 45.8 Å². The van der Waals surface area contributed by atoms with Crippen LogP contribution in [-0.4, -0.2) is 62.7 Å². The van der Waals surface area contributed by atoms with Crippen LogP contribution in [0.15, 0.2) is 40.6 Å². The zero-order chi connectivity index (χ0) is 22.6. The van der Waals surface area contributed by atoms with E-state index in [1.165, 1.54) is 0 Å². The van der Waals surface area contributed by atoms with Crippen LogP contribution in [0.2, 0.25) is 0 Å². The van der Waals surface area contributed by atoms with Gasteiger partial charge in [-0.1, -0.05) is 42.6 Å². The van der Waals surface area contributed by atoms with Crippen molar-refractivity contribution in [3.05, 3.63) is 51.8 Å². The molecule has 0 aromatic heterocycles. The molecular formula is C22H28ClN3O4S. The van der Waals surface area contributed by atoms with Gasteiger partial charge in [-0.15, -0.1) is 0 Å². The lowest BCUT2D eigenvalue weighted by Crippen LogP contribution is -2.57. The van der Waals surface area contributed by atoms with Crippen LogP contribution in [0.3, 0.4) is 0 Å². The molecule has 168 valence electrons. The Morgan fingerprint density at radius 1 is 1.39 bits per heavy atom. The van der Waals surface area contributed by atoms with Crippen molar-refractivity contribution in [3.8, 4) is 0 Å². The zero-order valence-electron chi connectivity index (χ0n) is 17.8. The van der Waals surface area contributed by atoms with Crippen molar-refractivity contribution in [1.82, 2.24) is 10.2 Å². The lowest BCUT2D eigenvalue weighted by molar-refractivity contribution is -0.128. The average Bonchev–Trinajstić information content (AvgIpc) is 3.13. The Hall–Kier alpha value is -1.84. The van der Waals surface area contributed by atoms with E-state index in [0.29, 0.717) is 18.7 Å². The van der Waals surface area contributed by atoms with Crippen molar-refractivity contribution >= 4 is 40.9 Å². The molecule has 9 heteroatoms. The van der Waals surface area contributed by atoms with Crippen LogP contribution in [0.1, 0.15) is 23.7 Å². The largest absolute Gasteiger partial charge is 0.378 e. The number of nitrogens with one attached hydrogen (secondary N) is 2. The number of carbonyl (C=O) groups is 2. The van der Waals surface area contributed by atoms with E-state index in [9.17, 15) is 9.59 Å². The Labute approximate surface area is 192 Å². The topological polar surface area (TPSA) is 79.9 Å². The summed E-state index contributed by atoms with van der Waals surface area (Å²) in [6.07, 6.45) is 1.22. The highest BCUT2D eigenvalue weighted by Gasteiger charge is 2.44. The SMILES string of the molecule is C=C(Cl)SC(=C)C(=O)NC1(C(=O)Nc2ccc3c(c2)CCN(C)CC3OC)CCOC1. The van der Waals surface area contributed by atoms with Crippen LogP contribution in [0, 0.1) is 0 Å². The minimum absolute atomic E-state index is 0.0127. The zero-order valence-corrected chi connectivity index (χ0v) is 19.4. The van der Waals surface area contributed by atoms with Crippen LogP contribution in [0.25, 0.3) is 0 Å². The third kappa shape index (κ3) is 5.70. The van der Waals surface area contributed by atoms with Gasteiger partial charge in [0.25, 0.3) is 11.8 Å². The van der Waals surface area contributed by atoms with Crippen LogP contribution in [-0.2, 0) is 25.5 Å². The molecule has 2 amide bonds. The first-order chi connectivity index (χ1) is 14.7. The first-order valence-corrected chi connectivity index (χ1v) is 11.2. The number of ether oxygens (including phenoxy) is 2. The summed E-state index contributed by atoms with van der Waals surface area (Å²) in [5.41, 5.74) is 1.77. The molecule has 0 aliphatic carbocycles. The molecule has 2 aliphatic rings. The summed E-state index contributed by atoms with van der Waals surface area (Å²) in [5, 5.41) is 5.75. The number of nitrogens with zero attached hydrogens (tertiary/aromatic N) is 1. The number of benzene rings is 1. The standard InChI is InChI=1S/C22H28ClN3O4S/c1-14(31-15(2)23)20(27)25-22(8-10-30-13-22)21(28)24-17-5-6-18-16(11-17)7-9-26(3)12-19(18)29-4/h5-6,11,19H,1-2,7-10,12-13H2,3-4H3,(H,24,28)(H,25,27). The molecular weight excluding hydrogens is 438 g/mol. The van der Waals surface area contributed by atoms with Gasteiger partial charge in [0, 0.05) is 38.9 Å². The summed E-state index contributed by atoms with van der Waals surface area (Å²) in [6.45, 7) is 9.44. The van der Waals surface area contributed by atoms with Crippen LogP contribution >= 0.6 is 23.4 Å². The molecule has 0 spiro atoms. The molecule has 1 aromatic carbocycles. The molecule has 0 saturated carbocycles. The molecule has 3 rings (SSSR count). The van der Waals surface area contributed by atoms with Gasteiger partial charge in [0.1, 0.15) is 5.54 Å². The highest BCUT2D eigenvalue weighted by molar-refractivity contribution is 8.08. The van der Waals surface area contributed by atoms with E-state index in [-0.39, 0.29) is 27.9 Å². The highest BCUT2D eigenvalue weighted by Crippen LogP contribution is 2.30. The number of thioether (sulfide) groups is 1. The Balaban J connectivity index is 1.76. The molecule has 1 fully saturated rings. The molecule has 2 unspecified atom stereocenters. The van der Waals surface area contributed by atoms with E-state index in [1.54, 1.807) is 7.11 Å². The maximum atomic E-state index is 13.2. The maximum Gasteiger partial charge on any atom is 0.258 e. The summed E-state index contributed by atoms with van der Waals surface area (Å²) in [4.78, 5) is 28.1. The minimum Gasteiger partial charge on any atom is -0.378 e. The summed E-state index contributed by atoms with van der Waals surface area (Å²) < 4.78 is 11.3. The van der Waals surface area contributed by atoms with Gasteiger partial charge in [-0.3, -0.25) is 9.59 Å². The van der Waals surface area contributed by atoms with Gasteiger partial charge >= 0.3 is 0 Å². The highest BCUT2D eigenvalue weighted by atomic mass is 35.5. The van der Waals surface area contributed by atoms with E-state index >= 15 is 0 Å². The molecule has 2 heterocycles. The lowest BCUT2D eigenvalue weighted by atomic mass is 9.96. The van der Waals surface area contributed by atoms with Gasteiger partial charge in [-0.25, -0.2) is 0 Å². The number of hydrogen-bond donors (Lipinski definition) is 2. The number of fused-ring (bicyclic) bond motifs is 1. The molecule has 1 aromatic rings. The molecule has 1 saturated heterocycles. The Kier molecular flexibility index (Phi) is 7.82. The third-order valence-corrected chi connectivity index (χ3v) is 6.45. The van der Waals surface area contributed by atoms with Crippen LogP contribution in [0.5, 0.6) is 0 Å². The Bertz CT molecular complexity index is 886. The fraction of sp³-hybridized carbons (Fsp3) is 0.455. The molecule has 2 N–H and O–H groups in total. The number of rotatable bonds is 7. The van der Waals surface area contributed by atoms with Gasteiger partial charge < -0.3 is 25.0 Å². The van der Waals surface area contributed by atoms with Crippen LogP contribution < -0.4 is 10.6 Å². The molecule has 7 nitrogen and oxygen atoms in total. The molecule has 2 aliphatic heterocycles. The summed E-state index contributed by atoms with van der Waals surface area (Å²) in [5.74, 6) is -0.796. The van der Waals surface area contributed by atoms with E-state index in [2.05, 4.69) is 35.7 Å². The fourth-order valence-corrected chi connectivity index (χ4v) is 4.51. The first kappa shape index (κ1) is 23.8. The second-order valence-corrected chi connectivity index (χ2v) is 9.69. The predicted molar refractivity (Wildman–Crippen MR) is 124 cm³/mol. The summed E-state index contributed by atoms with van der Waals surface area (Å²) >= 11 is 6.71. The summed E-state index contributed by atoms with van der Waals surface area (Å²) in [7, 11) is 3.78. The number of hydrogen-bond acceptors (Lipinski definition) is 6. The van der Waals surface area contributed by atoms with Crippen molar-refractivity contribution in [3.63, 3.8) is 0 Å². The number of anilines is 1. The van der Waals surface area contributed by atoms with Crippen LogP contribution in [0.4, 0.5) is 5.69 Å². The lowest BCUT2D eigenvalue weighted by Gasteiger charge is -2.28. The van der Waals surface area contributed by atoms with Crippen molar-refractivity contribution < 1.29 is 19.1 Å². The normalized spacial score (nSPS) is 23.5. The van der Waals surface area contributed by atoms with Crippen molar-refractivity contribution in [2.45, 2.75) is 24.5 Å². The molecule has 2 atom stereocenters. The monoisotopic (exact) mass is 465 g/mol. The van der Waals surface area contributed by atoms with Gasteiger partial charge in [0.2, 0.25) is 0 Å². The van der Waals surface area contributed by atoms with Gasteiger partial charge in [0.15, 0.2) is 0 Å². The summed E-state index contributed by atoms with van der Waals surface area (Å²) in [6, 6.07) is 5.85. The van der Waals surface area contributed by atoms with Crippen molar-refractivity contribution in [2.24, 2.45) is 0 Å². The van der Waals surface area contributed by atoms with Gasteiger partial charge in [-0.2, -0.15) is 0 Å². The number of carbonyl (C=O) groups excluding carboxylic acids is 2. The third-order valence-electron chi connectivity index (χ3n) is 5.57. The quantitative estimate of drug-likeness (QED) is 0.602.